The molecule has 0 aliphatic carbocycles. The summed E-state index contributed by atoms with van der Waals surface area (Å²) in [7, 11) is 0. The van der Waals surface area contributed by atoms with Crippen LogP contribution in [-0.4, -0.2) is 65.3 Å². The highest BCUT2D eigenvalue weighted by Gasteiger charge is 2.34. The molecule has 3 N–H and O–H groups in total. The van der Waals surface area contributed by atoms with Gasteiger partial charge < -0.3 is 30.1 Å². The summed E-state index contributed by atoms with van der Waals surface area (Å²) in [4.78, 5) is 28.7. The Hall–Kier alpha value is -4.39. The standard InChI is InChI=1S/C28H28N4O5/c29-18-21-5-4-8-24(17-21)37-23-11-9-20(10-12-23)19-30-27(35)25(33)26(34)28(36)32-15-13-31(14-16-32)22-6-2-1-3-7-22/h1-12,17,25-26,33-34H,13-16,19H2,(H,30,35)/t25-,26-/m1/s1. The Morgan fingerprint density at radius 2 is 1.59 bits per heavy atom. The second-order valence-corrected chi connectivity index (χ2v) is 8.64. The molecule has 0 spiro atoms. The molecular formula is C28H28N4O5. The molecular weight excluding hydrogens is 472 g/mol. The average molecular weight is 501 g/mol. The van der Waals surface area contributed by atoms with Crippen molar-refractivity contribution in [3.63, 3.8) is 0 Å². The molecule has 1 fully saturated rings. The number of rotatable bonds is 8. The second kappa shape index (κ2) is 12.0. The van der Waals surface area contributed by atoms with Gasteiger partial charge in [-0.05, 0) is 48.0 Å². The van der Waals surface area contributed by atoms with Crippen molar-refractivity contribution in [3.05, 3.63) is 90.0 Å². The summed E-state index contributed by atoms with van der Waals surface area (Å²) in [6.07, 6.45) is -3.72. The topological polar surface area (TPSA) is 126 Å². The number of hydrogen-bond acceptors (Lipinski definition) is 7. The summed E-state index contributed by atoms with van der Waals surface area (Å²) >= 11 is 0. The van der Waals surface area contributed by atoms with Crippen molar-refractivity contribution in [2.45, 2.75) is 18.8 Å². The number of anilines is 1. The van der Waals surface area contributed by atoms with Gasteiger partial charge in [0.05, 0.1) is 11.6 Å². The largest absolute Gasteiger partial charge is 0.457 e. The molecule has 37 heavy (non-hydrogen) atoms. The van der Waals surface area contributed by atoms with Gasteiger partial charge >= 0.3 is 0 Å². The van der Waals surface area contributed by atoms with Crippen molar-refractivity contribution in [1.29, 1.82) is 5.26 Å². The molecule has 0 unspecified atom stereocenters. The Balaban J connectivity index is 1.24. The Bertz CT molecular complexity index is 1250. The molecule has 0 radical (unpaired) electrons. The van der Waals surface area contributed by atoms with E-state index in [9.17, 15) is 19.8 Å². The summed E-state index contributed by atoms with van der Waals surface area (Å²) < 4.78 is 5.73. The van der Waals surface area contributed by atoms with Gasteiger partial charge in [-0.2, -0.15) is 5.26 Å². The molecule has 190 valence electrons. The zero-order valence-electron chi connectivity index (χ0n) is 20.2. The summed E-state index contributed by atoms with van der Waals surface area (Å²) in [6.45, 7) is 2.04. The van der Waals surface area contributed by atoms with Gasteiger partial charge in [-0.15, -0.1) is 0 Å². The van der Waals surface area contributed by atoms with Crippen molar-refractivity contribution < 1.29 is 24.5 Å². The number of nitrogens with zero attached hydrogens (tertiary/aromatic N) is 3. The van der Waals surface area contributed by atoms with Crippen LogP contribution in [0.2, 0.25) is 0 Å². The molecule has 0 aromatic heterocycles. The van der Waals surface area contributed by atoms with Crippen LogP contribution in [0.25, 0.3) is 0 Å². The minimum atomic E-state index is -1.88. The van der Waals surface area contributed by atoms with Crippen LogP contribution in [0.3, 0.4) is 0 Å². The van der Waals surface area contributed by atoms with Crippen LogP contribution in [0.15, 0.2) is 78.9 Å². The molecule has 1 saturated heterocycles. The minimum Gasteiger partial charge on any atom is -0.457 e. The number of para-hydroxylation sites is 1. The summed E-state index contributed by atoms with van der Waals surface area (Å²) in [5.41, 5.74) is 2.28. The fourth-order valence-corrected chi connectivity index (χ4v) is 4.02. The third kappa shape index (κ3) is 6.64. The van der Waals surface area contributed by atoms with E-state index >= 15 is 0 Å². The van der Waals surface area contributed by atoms with Crippen molar-refractivity contribution in [3.8, 4) is 17.6 Å². The maximum absolute atomic E-state index is 12.7. The van der Waals surface area contributed by atoms with Crippen LogP contribution in [-0.2, 0) is 16.1 Å². The Morgan fingerprint density at radius 1 is 0.892 bits per heavy atom. The predicted molar refractivity (Wildman–Crippen MR) is 137 cm³/mol. The maximum Gasteiger partial charge on any atom is 0.254 e. The number of carbonyl (C=O) groups excluding carboxylic acids is 2. The molecule has 0 bridgehead atoms. The average Bonchev–Trinajstić information content (AvgIpc) is 2.96. The lowest BCUT2D eigenvalue weighted by Gasteiger charge is -2.37. The van der Waals surface area contributed by atoms with Gasteiger partial charge in [-0.1, -0.05) is 36.4 Å². The van der Waals surface area contributed by atoms with Crippen LogP contribution < -0.4 is 15.0 Å². The summed E-state index contributed by atoms with van der Waals surface area (Å²) in [5.74, 6) is -0.420. The van der Waals surface area contributed by atoms with Gasteiger partial charge in [-0.3, -0.25) is 9.59 Å². The molecule has 3 aromatic carbocycles. The highest BCUT2D eigenvalue weighted by Crippen LogP contribution is 2.22. The van der Waals surface area contributed by atoms with Crippen LogP contribution in [0.4, 0.5) is 5.69 Å². The fraction of sp³-hybridized carbons (Fsp3) is 0.250. The number of aliphatic hydroxyl groups excluding tert-OH is 2. The molecule has 4 rings (SSSR count). The highest BCUT2D eigenvalue weighted by molar-refractivity contribution is 5.90. The zero-order valence-corrected chi connectivity index (χ0v) is 20.2. The van der Waals surface area contributed by atoms with Gasteiger partial charge in [-0.25, -0.2) is 0 Å². The summed E-state index contributed by atoms with van der Waals surface area (Å²) in [5, 5.41) is 32.2. The van der Waals surface area contributed by atoms with Crippen LogP contribution in [0, 0.1) is 11.3 Å². The lowest BCUT2D eigenvalue weighted by Crippen LogP contribution is -2.55. The molecule has 1 aliphatic rings. The van der Waals surface area contributed by atoms with Crippen molar-refractivity contribution in [2.75, 3.05) is 31.1 Å². The van der Waals surface area contributed by atoms with Crippen molar-refractivity contribution >= 4 is 17.5 Å². The molecule has 3 aromatic rings. The number of amides is 2. The number of piperazine rings is 1. The first-order valence-electron chi connectivity index (χ1n) is 11.9. The normalized spacial score (nSPS) is 14.8. The Labute approximate surface area is 215 Å². The van der Waals surface area contributed by atoms with E-state index in [-0.39, 0.29) is 6.54 Å². The van der Waals surface area contributed by atoms with Crippen LogP contribution in [0.5, 0.6) is 11.5 Å². The smallest absolute Gasteiger partial charge is 0.254 e. The van der Waals surface area contributed by atoms with Crippen molar-refractivity contribution in [2.24, 2.45) is 0 Å². The number of ether oxygens (including phenoxy) is 1. The van der Waals surface area contributed by atoms with E-state index in [4.69, 9.17) is 10.00 Å². The van der Waals surface area contributed by atoms with E-state index in [2.05, 4.69) is 16.3 Å². The third-order valence-electron chi connectivity index (χ3n) is 6.12. The van der Waals surface area contributed by atoms with Gasteiger partial charge in [0, 0.05) is 38.4 Å². The van der Waals surface area contributed by atoms with Gasteiger partial charge in [0.1, 0.15) is 11.5 Å². The fourth-order valence-electron chi connectivity index (χ4n) is 4.02. The molecule has 0 saturated carbocycles. The van der Waals surface area contributed by atoms with E-state index in [0.29, 0.717) is 43.2 Å². The predicted octanol–water partition coefficient (Wildman–Crippen LogP) is 2.04. The molecule has 2 atom stereocenters. The second-order valence-electron chi connectivity index (χ2n) is 8.64. The molecule has 2 amide bonds. The first-order valence-corrected chi connectivity index (χ1v) is 11.9. The number of carbonyl (C=O) groups is 2. The van der Waals surface area contributed by atoms with Gasteiger partial charge in [0.2, 0.25) is 0 Å². The Kier molecular flexibility index (Phi) is 8.36. The van der Waals surface area contributed by atoms with E-state index in [0.717, 1.165) is 11.3 Å². The summed E-state index contributed by atoms with van der Waals surface area (Å²) in [6, 6.07) is 25.6. The van der Waals surface area contributed by atoms with E-state index < -0.39 is 24.0 Å². The molecule has 1 heterocycles. The van der Waals surface area contributed by atoms with E-state index in [1.54, 1.807) is 48.5 Å². The number of hydrogen-bond donors (Lipinski definition) is 3. The number of nitrogens with one attached hydrogen (secondary N) is 1. The lowest BCUT2D eigenvalue weighted by atomic mass is 10.1. The van der Waals surface area contributed by atoms with Gasteiger partial charge in [0.25, 0.3) is 11.8 Å². The lowest BCUT2D eigenvalue weighted by molar-refractivity contribution is -0.153. The highest BCUT2D eigenvalue weighted by atomic mass is 16.5. The molecule has 9 heteroatoms. The monoisotopic (exact) mass is 500 g/mol. The quantitative estimate of drug-likeness (QED) is 0.432. The number of nitriles is 1. The Morgan fingerprint density at radius 3 is 2.27 bits per heavy atom. The number of aliphatic hydroxyl groups is 2. The maximum atomic E-state index is 12.7. The zero-order chi connectivity index (χ0) is 26.2. The first-order chi connectivity index (χ1) is 17.9. The van der Waals surface area contributed by atoms with Crippen molar-refractivity contribution in [1.82, 2.24) is 10.2 Å². The van der Waals surface area contributed by atoms with E-state index in [1.807, 2.05) is 30.3 Å². The van der Waals surface area contributed by atoms with Crippen LogP contribution in [0.1, 0.15) is 11.1 Å². The van der Waals surface area contributed by atoms with Crippen LogP contribution >= 0.6 is 0 Å². The van der Waals surface area contributed by atoms with Gasteiger partial charge in [0.15, 0.2) is 12.2 Å². The number of benzene rings is 3. The minimum absolute atomic E-state index is 0.0940. The molecule has 9 nitrogen and oxygen atoms in total. The third-order valence-corrected chi connectivity index (χ3v) is 6.12. The SMILES string of the molecule is N#Cc1cccc(Oc2ccc(CNC(=O)[C@H](O)[C@@H](O)C(=O)N3CCN(c4ccccc4)CC3)cc2)c1. The first kappa shape index (κ1) is 25.7. The molecule has 1 aliphatic heterocycles. The van der Waals surface area contributed by atoms with E-state index in [1.165, 1.54) is 4.90 Å².